The number of hydrogen-bond acceptors (Lipinski definition) is 11. The van der Waals surface area contributed by atoms with E-state index < -0.39 is 73.0 Å². The maximum Gasteiger partial charge on any atom is 0.408 e. The van der Waals surface area contributed by atoms with Gasteiger partial charge in [-0.1, -0.05) is 158 Å². The van der Waals surface area contributed by atoms with E-state index in [1.54, 1.807) is 103 Å². The molecule has 0 spiro atoms. The molecule has 390 valence electrons. The number of aliphatic hydroxyl groups is 1. The third kappa shape index (κ3) is 15.7. The molecule has 0 radical (unpaired) electrons. The summed E-state index contributed by atoms with van der Waals surface area (Å²) in [5.74, 6) is -3.38. The van der Waals surface area contributed by atoms with Gasteiger partial charge in [-0.3, -0.25) is 9.59 Å². The Labute approximate surface area is 439 Å². The Bertz CT molecular complexity index is 3050. The molecule has 76 heavy (non-hydrogen) atoms. The van der Waals surface area contributed by atoms with Crippen LogP contribution in [0.4, 0.5) is 14.0 Å². The second-order valence-corrected chi connectivity index (χ2v) is 18.0. The van der Waals surface area contributed by atoms with Crippen LogP contribution in [0.2, 0.25) is 0 Å². The molecule has 1 aliphatic rings. The summed E-state index contributed by atoms with van der Waals surface area (Å²) in [4.78, 5) is 70.5. The van der Waals surface area contributed by atoms with Crippen molar-refractivity contribution in [1.29, 1.82) is 0 Å². The largest absolute Gasteiger partial charge is 0.489 e. The zero-order chi connectivity index (χ0) is 53.1. The van der Waals surface area contributed by atoms with E-state index in [-0.39, 0.29) is 57.2 Å². The van der Waals surface area contributed by atoms with Crippen molar-refractivity contribution in [2.75, 3.05) is 6.54 Å². The van der Waals surface area contributed by atoms with Gasteiger partial charge in [0.2, 0.25) is 11.8 Å². The second kappa shape index (κ2) is 26.8. The van der Waals surface area contributed by atoms with E-state index in [0.29, 0.717) is 33.6 Å². The second-order valence-electron chi connectivity index (χ2n) is 18.0. The maximum atomic E-state index is 16.9. The zero-order valence-corrected chi connectivity index (χ0v) is 41.4. The topological polar surface area (TPSA) is 200 Å². The number of benzene rings is 7. The lowest BCUT2D eigenvalue weighted by molar-refractivity contribution is -0.149. The minimum absolute atomic E-state index is 0.0425. The molecule has 8 rings (SSSR count). The molecular formula is C60H57FN4O11. The van der Waals surface area contributed by atoms with Gasteiger partial charge in [-0.25, -0.2) is 18.8 Å². The van der Waals surface area contributed by atoms with Gasteiger partial charge in [-0.05, 0) is 68.8 Å². The predicted molar refractivity (Wildman–Crippen MR) is 280 cm³/mol. The summed E-state index contributed by atoms with van der Waals surface area (Å²) in [7, 11) is 0. The molecule has 0 aliphatic carbocycles. The Morgan fingerprint density at radius 1 is 0.553 bits per heavy atom. The highest BCUT2D eigenvalue weighted by Gasteiger charge is 2.34. The van der Waals surface area contributed by atoms with E-state index in [2.05, 4.69) is 21.3 Å². The Kier molecular flexibility index (Phi) is 18.8. The highest BCUT2D eigenvalue weighted by Crippen LogP contribution is 2.35. The van der Waals surface area contributed by atoms with Crippen LogP contribution in [0.15, 0.2) is 182 Å². The fourth-order valence-electron chi connectivity index (χ4n) is 8.34. The van der Waals surface area contributed by atoms with Crippen LogP contribution in [-0.4, -0.2) is 65.9 Å². The molecule has 16 heteroatoms. The zero-order valence-electron chi connectivity index (χ0n) is 41.4. The Morgan fingerprint density at radius 3 is 1.62 bits per heavy atom. The number of fused-ring (bicyclic) bond motifs is 5. The minimum atomic E-state index is -1.64. The molecule has 4 amide bonds. The molecule has 7 aromatic rings. The molecule has 4 atom stereocenters. The number of carbonyl (C=O) groups excluding carboxylic acids is 5. The van der Waals surface area contributed by atoms with Crippen molar-refractivity contribution in [3.63, 3.8) is 0 Å². The maximum absolute atomic E-state index is 16.9. The van der Waals surface area contributed by atoms with E-state index in [0.717, 1.165) is 16.7 Å². The van der Waals surface area contributed by atoms with Gasteiger partial charge in [0.05, 0.1) is 6.10 Å². The minimum Gasteiger partial charge on any atom is -0.489 e. The highest BCUT2D eigenvalue weighted by molar-refractivity contribution is 5.93. The van der Waals surface area contributed by atoms with E-state index in [1.165, 1.54) is 6.07 Å². The van der Waals surface area contributed by atoms with E-state index >= 15 is 4.39 Å². The monoisotopic (exact) mass is 1030 g/mol. The molecule has 7 aromatic carbocycles. The quantitative estimate of drug-likeness (QED) is 0.0408. The van der Waals surface area contributed by atoms with Gasteiger partial charge in [0, 0.05) is 31.4 Å². The van der Waals surface area contributed by atoms with Crippen molar-refractivity contribution in [2.45, 2.75) is 76.5 Å². The van der Waals surface area contributed by atoms with E-state index in [1.807, 2.05) is 72.8 Å². The first-order valence-corrected chi connectivity index (χ1v) is 24.7. The Morgan fingerprint density at radius 2 is 1.05 bits per heavy atom. The Hall–Kier alpha value is -9.02. The van der Waals surface area contributed by atoms with Crippen LogP contribution in [0.25, 0.3) is 11.1 Å². The SMILES string of the molecule is O=C(NC[C@H](O)C[C@@H]1NC(=O)[C@@H](NC(=O)OCc2ccccc2)Cc2cc(ccc2OCc2ccccc2)-c2cc(F)c(OCc3ccccc3)c(c2)C[C@@H](C(=O)OCc2ccccc2)NC1=O)OCc1ccccc1. The van der Waals surface area contributed by atoms with Crippen LogP contribution in [0.3, 0.4) is 0 Å². The average molecular weight is 1030 g/mol. The molecule has 0 saturated heterocycles. The number of amides is 4. The number of carbonyl (C=O) groups is 5. The van der Waals surface area contributed by atoms with E-state index in [9.17, 15) is 29.1 Å². The van der Waals surface area contributed by atoms with Crippen LogP contribution in [0, 0.1) is 5.82 Å². The van der Waals surface area contributed by atoms with Crippen molar-refractivity contribution < 1.29 is 57.2 Å². The number of rotatable bonds is 18. The summed E-state index contributed by atoms with van der Waals surface area (Å²) < 4.78 is 46.1. The third-order valence-electron chi connectivity index (χ3n) is 12.3. The smallest absolute Gasteiger partial charge is 0.408 e. The lowest BCUT2D eigenvalue weighted by atomic mass is 9.95. The van der Waals surface area contributed by atoms with Gasteiger partial charge in [0.15, 0.2) is 11.6 Å². The van der Waals surface area contributed by atoms with Crippen molar-refractivity contribution in [3.05, 3.63) is 227 Å². The first-order chi connectivity index (χ1) is 37.0. The lowest BCUT2D eigenvalue weighted by Crippen LogP contribution is -2.57. The van der Waals surface area contributed by atoms with Crippen LogP contribution in [-0.2, 0) is 74.5 Å². The third-order valence-corrected chi connectivity index (χ3v) is 12.3. The first kappa shape index (κ1) is 53.3. The van der Waals surface area contributed by atoms with E-state index in [4.69, 9.17) is 23.7 Å². The number of alkyl carbamates (subject to hydrolysis) is 2. The van der Waals surface area contributed by atoms with Crippen molar-refractivity contribution in [3.8, 4) is 22.6 Å². The van der Waals surface area contributed by atoms with Gasteiger partial charge >= 0.3 is 18.2 Å². The first-order valence-electron chi connectivity index (χ1n) is 24.7. The average Bonchev–Trinajstić information content (AvgIpc) is 3.45. The summed E-state index contributed by atoms with van der Waals surface area (Å²) in [6, 6.07) is 48.6. The molecule has 1 heterocycles. The number of hydrogen-bond donors (Lipinski definition) is 5. The normalized spacial score (nSPS) is 15.7. The van der Waals surface area contributed by atoms with Gasteiger partial charge < -0.3 is 50.1 Å². The van der Waals surface area contributed by atoms with Crippen molar-refractivity contribution in [2.24, 2.45) is 0 Å². The Balaban J connectivity index is 1.18. The number of ether oxygens (including phenoxy) is 5. The van der Waals surface area contributed by atoms with Crippen LogP contribution >= 0.6 is 0 Å². The molecule has 5 N–H and O–H groups in total. The molecule has 4 bridgehead atoms. The molecule has 15 nitrogen and oxygen atoms in total. The van der Waals surface area contributed by atoms with Crippen LogP contribution in [0.1, 0.15) is 45.4 Å². The molecule has 0 fully saturated rings. The van der Waals surface area contributed by atoms with Gasteiger partial charge in [0.1, 0.15) is 56.9 Å². The number of halogens is 1. The standard InChI is InChI=1S/C60H57FN4O11/c61-50-30-46-29-48(55(50)73-36-41-18-8-2-9-19-41)32-53(58(69)74-37-42-20-10-3-11-21-42)64-57(68)52(33-49(66)34-62-59(70)75-38-43-22-12-4-13-23-43)63-56(67)51(65-60(71)76-39-44-24-14-5-15-25-44)31-47-28-45(46)26-27-54(47)72-35-40-16-6-1-7-17-40/h1-30,49,51-53,66H,31-39H2,(H,62,70)(H,63,67)(H,64,68)(H,65,71)/t49-,51+,52+,53+/m1/s1. The molecule has 0 unspecified atom stereocenters. The molecule has 0 aromatic heterocycles. The summed E-state index contributed by atoms with van der Waals surface area (Å²) in [6.45, 7) is -0.718. The van der Waals surface area contributed by atoms with Crippen LogP contribution < -0.4 is 30.7 Å². The summed E-state index contributed by atoms with van der Waals surface area (Å²) in [6.07, 6.45) is -4.46. The molecule has 1 aliphatic heterocycles. The molecular weight excluding hydrogens is 972 g/mol. The fraction of sp³-hybridized carbons (Fsp3) is 0.217. The predicted octanol–water partition coefficient (Wildman–Crippen LogP) is 8.43. The fourth-order valence-corrected chi connectivity index (χ4v) is 8.34. The number of nitrogens with one attached hydrogen (secondary N) is 4. The van der Waals surface area contributed by atoms with Crippen LogP contribution in [0.5, 0.6) is 11.5 Å². The number of esters is 1. The van der Waals surface area contributed by atoms with Crippen molar-refractivity contribution >= 4 is 30.0 Å². The number of aliphatic hydroxyl groups excluding tert-OH is 1. The highest BCUT2D eigenvalue weighted by atomic mass is 19.1. The summed E-state index contributed by atoms with van der Waals surface area (Å²) in [5, 5.41) is 22.0. The van der Waals surface area contributed by atoms with Gasteiger partial charge in [0.25, 0.3) is 0 Å². The molecule has 0 saturated carbocycles. The summed E-state index contributed by atoms with van der Waals surface area (Å²) in [5.41, 5.74) is 5.04. The van der Waals surface area contributed by atoms with Gasteiger partial charge in [-0.2, -0.15) is 0 Å². The summed E-state index contributed by atoms with van der Waals surface area (Å²) >= 11 is 0. The lowest BCUT2D eigenvalue weighted by Gasteiger charge is -2.27. The van der Waals surface area contributed by atoms with Gasteiger partial charge in [-0.15, -0.1) is 0 Å². The van der Waals surface area contributed by atoms with Crippen molar-refractivity contribution in [1.82, 2.24) is 21.3 Å².